The van der Waals surface area contributed by atoms with Gasteiger partial charge in [-0.3, -0.25) is 9.59 Å². The molecule has 36 heavy (non-hydrogen) atoms. The smallest absolute Gasteiger partial charge is 0.287 e. The van der Waals surface area contributed by atoms with Crippen molar-refractivity contribution in [2.45, 2.75) is 32.2 Å². The number of amides is 1. The Hall–Kier alpha value is -4.52. The molecule has 0 bridgehead atoms. The Morgan fingerprint density at radius 3 is 2.28 bits per heavy atom. The first-order valence-corrected chi connectivity index (χ1v) is 11.9. The number of Topliss-reactive ketones (excluding diaryl/α,β-unsaturated/α-hetero) is 1. The van der Waals surface area contributed by atoms with Gasteiger partial charge in [0, 0.05) is 12.0 Å². The maximum Gasteiger partial charge on any atom is 0.287 e. The number of ether oxygens (including phenoxy) is 1. The van der Waals surface area contributed by atoms with Gasteiger partial charge in [0.15, 0.2) is 0 Å². The van der Waals surface area contributed by atoms with Crippen LogP contribution >= 0.6 is 0 Å². The fourth-order valence-electron chi connectivity index (χ4n) is 3.43. The molecule has 0 aliphatic carbocycles. The van der Waals surface area contributed by atoms with Crippen molar-refractivity contribution in [3.63, 3.8) is 0 Å². The number of para-hydroxylation sites is 1. The van der Waals surface area contributed by atoms with E-state index in [-0.39, 0.29) is 18.9 Å². The Kier molecular flexibility index (Phi) is 8.75. The highest BCUT2D eigenvalue weighted by molar-refractivity contribution is 6.36. The van der Waals surface area contributed by atoms with Gasteiger partial charge in [0.2, 0.25) is 17.6 Å². The Bertz CT molecular complexity index is 1280. The predicted octanol–water partition coefficient (Wildman–Crippen LogP) is 5.99. The Labute approximate surface area is 209 Å². The molecule has 7 nitrogen and oxygen atoms in total. The quantitative estimate of drug-likeness (QED) is 0.197. The van der Waals surface area contributed by atoms with E-state index >= 15 is 0 Å². The van der Waals surface area contributed by atoms with Crippen molar-refractivity contribution < 1.29 is 18.7 Å². The summed E-state index contributed by atoms with van der Waals surface area (Å²) in [5, 5.41) is 10.5. The first-order valence-electron chi connectivity index (χ1n) is 11.9. The summed E-state index contributed by atoms with van der Waals surface area (Å²) in [4.78, 5) is 24.2. The van der Waals surface area contributed by atoms with E-state index in [4.69, 9.17) is 9.15 Å². The number of rotatable bonds is 12. The summed E-state index contributed by atoms with van der Waals surface area (Å²) in [5.41, 5.74) is 1.86. The minimum absolute atomic E-state index is 0.00735. The number of carbonyl (C=O) groups excluding carboxylic acids is 2. The molecular weight excluding hydrogens is 454 g/mol. The van der Waals surface area contributed by atoms with Crippen molar-refractivity contribution in [3.05, 3.63) is 102 Å². The Balaban J connectivity index is 1.17. The molecule has 3 aromatic carbocycles. The van der Waals surface area contributed by atoms with Crippen LogP contribution in [0, 0.1) is 0 Å². The molecule has 1 aromatic heterocycles. The molecule has 4 rings (SSSR count). The number of hydrogen-bond acceptors (Lipinski definition) is 6. The SMILES string of the molecule is O=C(CCCC/C=C/c1ccccc1)C(=O)NCc1nnc(-c2ccc(Oc3ccccc3)cc2)o1. The lowest BCUT2D eigenvalue weighted by Crippen LogP contribution is -2.30. The Morgan fingerprint density at radius 1 is 0.833 bits per heavy atom. The average Bonchev–Trinajstić information content (AvgIpc) is 3.40. The average molecular weight is 482 g/mol. The van der Waals surface area contributed by atoms with Crippen molar-refractivity contribution in [2.24, 2.45) is 0 Å². The Morgan fingerprint density at radius 2 is 1.53 bits per heavy atom. The molecule has 182 valence electrons. The second kappa shape index (κ2) is 12.8. The second-order valence-electron chi connectivity index (χ2n) is 8.11. The van der Waals surface area contributed by atoms with Crippen LogP contribution in [0.25, 0.3) is 17.5 Å². The highest BCUT2D eigenvalue weighted by Crippen LogP contribution is 2.25. The van der Waals surface area contributed by atoms with Gasteiger partial charge in [0.05, 0.1) is 6.54 Å². The molecule has 0 spiro atoms. The molecule has 0 radical (unpaired) electrons. The van der Waals surface area contributed by atoms with Gasteiger partial charge in [0.1, 0.15) is 11.5 Å². The molecule has 1 amide bonds. The number of hydrogen-bond donors (Lipinski definition) is 1. The minimum Gasteiger partial charge on any atom is -0.457 e. The fraction of sp³-hybridized carbons (Fsp3) is 0.172. The fourth-order valence-corrected chi connectivity index (χ4v) is 3.43. The van der Waals surface area contributed by atoms with Crippen molar-refractivity contribution in [1.82, 2.24) is 15.5 Å². The monoisotopic (exact) mass is 481 g/mol. The number of carbonyl (C=O) groups is 2. The standard InChI is InChI=1S/C29H27N3O4/c33-26(16-10-2-1-5-11-22-12-6-3-7-13-22)28(34)30-21-27-31-32-29(36-27)23-17-19-25(20-18-23)35-24-14-8-4-9-15-24/h3-9,11-15,17-20H,1-2,10,16,21H2,(H,30,34)/b11-5+. The van der Waals surface area contributed by atoms with Crippen LogP contribution in [0.4, 0.5) is 0 Å². The molecular formula is C29H27N3O4. The van der Waals surface area contributed by atoms with E-state index in [0.29, 0.717) is 18.1 Å². The molecule has 0 aliphatic rings. The lowest BCUT2D eigenvalue weighted by atomic mass is 10.1. The maximum absolute atomic E-state index is 12.1. The zero-order chi connectivity index (χ0) is 25.0. The molecule has 0 aliphatic heterocycles. The molecule has 7 heteroatoms. The zero-order valence-electron chi connectivity index (χ0n) is 19.8. The van der Waals surface area contributed by atoms with Crippen LogP contribution in [-0.4, -0.2) is 21.9 Å². The normalized spacial score (nSPS) is 10.9. The number of benzene rings is 3. The number of aromatic nitrogens is 2. The molecule has 0 saturated heterocycles. The number of ketones is 1. The van der Waals surface area contributed by atoms with Crippen LogP contribution in [0.3, 0.4) is 0 Å². The third-order valence-corrected chi connectivity index (χ3v) is 5.33. The predicted molar refractivity (Wildman–Crippen MR) is 137 cm³/mol. The zero-order valence-corrected chi connectivity index (χ0v) is 19.8. The summed E-state index contributed by atoms with van der Waals surface area (Å²) in [6.07, 6.45) is 6.69. The van der Waals surface area contributed by atoms with Crippen LogP contribution in [0.1, 0.15) is 37.1 Å². The first kappa shape index (κ1) is 24.6. The topological polar surface area (TPSA) is 94.3 Å². The number of unbranched alkanes of at least 4 members (excludes halogenated alkanes) is 2. The summed E-state index contributed by atoms with van der Waals surface area (Å²) in [7, 11) is 0. The van der Waals surface area contributed by atoms with Crippen LogP contribution < -0.4 is 10.1 Å². The lowest BCUT2D eigenvalue weighted by molar-refractivity contribution is -0.138. The third kappa shape index (κ3) is 7.50. The van der Waals surface area contributed by atoms with Gasteiger partial charge < -0.3 is 14.5 Å². The first-order chi connectivity index (χ1) is 17.7. The van der Waals surface area contributed by atoms with Gasteiger partial charge in [-0.15, -0.1) is 10.2 Å². The minimum atomic E-state index is -0.642. The van der Waals surface area contributed by atoms with Crippen LogP contribution in [0.5, 0.6) is 11.5 Å². The number of nitrogens with one attached hydrogen (secondary N) is 1. The lowest BCUT2D eigenvalue weighted by Gasteiger charge is -2.05. The largest absolute Gasteiger partial charge is 0.457 e. The van der Waals surface area contributed by atoms with E-state index in [1.165, 1.54) is 0 Å². The van der Waals surface area contributed by atoms with E-state index in [9.17, 15) is 9.59 Å². The van der Waals surface area contributed by atoms with Gasteiger partial charge in [-0.25, -0.2) is 0 Å². The molecule has 0 saturated carbocycles. The van der Waals surface area contributed by atoms with Gasteiger partial charge in [-0.05, 0) is 61.2 Å². The van der Waals surface area contributed by atoms with E-state index in [0.717, 1.165) is 29.7 Å². The molecule has 0 unspecified atom stereocenters. The summed E-state index contributed by atoms with van der Waals surface area (Å²) in [6, 6.07) is 26.8. The highest BCUT2D eigenvalue weighted by atomic mass is 16.5. The summed E-state index contributed by atoms with van der Waals surface area (Å²) < 4.78 is 11.4. The van der Waals surface area contributed by atoms with E-state index in [2.05, 4.69) is 27.7 Å². The van der Waals surface area contributed by atoms with E-state index in [1.807, 2.05) is 84.9 Å². The van der Waals surface area contributed by atoms with Crippen molar-refractivity contribution >= 4 is 17.8 Å². The summed E-state index contributed by atoms with van der Waals surface area (Å²) in [5.74, 6) is 0.883. The van der Waals surface area contributed by atoms with Crippen molar-refractivity contribution in [3.8, 4) is 23.0 Å². The van der Waals surface area contributed by atoms with Crippen LogP contribution in [0.2, 0.25) is 0 Å². The molecule has 1 heterocycles. The molecule has 0 fully saturated rings. The highest BCUT2D eigenvalue weighted by Gasteiger charge is 2.15. The molecule has 0 atom stereocenters. The van der Waals surface area contributed by atoms with Gasteiger partial charge in [-0.2, -0.15) is 0 Å². The van der Waals surface area contributed by atoms with Crippen molar-refractivity contribution in [2.75, 3.05) is 0 Å². The van der Waals surface area contributed by atoms with Gasteiger partial charge >= 0.3 is 0 Å². The van der Waals surface area contributed by atoms with Crippen LogP contribution in [0.15, 0.2) is 95.4 Å². The van der Waals surface area contributed by atoms with E-state index < -0.39 is 11.7 Å². The molecule has 1 N–H and O–H groups in total. The van der Waals surface area contributed by atoms with Gasteiger partial charge in [-0.1, -0.05) is 60.7 Å². The third-order valence-electron chi connectivity index (χ3n) is 5.33. The maximum atomic E-state index is 12.1. The number of allylic oxidation sites excluding steroid dienone is 1. The van der Waals surface area contributed by atoms with Crippen LogP contribution in [-0.2, 0) is 16.1 Å². The molecule has 4 aromatic rings. The van der Waals surface area contributed by atoms with Gasteiger partial charge in [0.25, 0.3) is 5.91 Å². The summed E-state index contributed by atoms with van der Waals surface area (Å²) in [6.45, 7) is -0.00735. The second-order valence-corrected chi connectivity index (χ2v) is 8.11. The summed E-state index contributed by atoms with van der Waals surface area (Å²) >= 11 is 0. The number of nitrogens with zero attached hydrogens (tertiary/aromatic N) is 2. The van der Waals surface area contributed by atoms with E-state index in [1.54, 1.807) is 0 Å². The van der Waals surface area contributed by atoms with Crippen molar-refractivity contribution in [1.29, 1.82) is 0 Å².